The van der Waals surface area contributed by atoms with Crippen LogP contribution in [-0.2, 0) is 16.1 Å². The van der Waals surface area contributed by atoms with E-state index in [4.69, 9.17) is 27.9 Å². The van der Waals surface area contributed by atoms with Gasteiger partial charge in [0.2, 0.25) is 5.91 Å². The Kier molecular flexibility index (Phi) is 9.00. The Morgan fingerprint density at radius 1 is 1.13 bits per heavy atom. The molecule has 2 rings (SSSR count). The number of amides is 2. The van der Waals surface area contributed by atoms with E-state index in [0.29, 0.717) is 22.3 Å². The zero-order valence-electron chi connectivity index (χ0n) is 17.7. The van der Waals surface area contributed by atoms with Crippen molar-refractivity contribution in [3.05, 3.63) is 63.6 Å². The Morgan fingerprint density at radius 2 is 1.83 bits per heavy atom. The lowest BCUT2D eigenvalue weighted by molar-refractivity contribution is -0.142. The fraction of sp³-hybridized carbons (Fsp3) is 0.391. The van der Waals surface area contributed by atoms with Crippen molar-refractivity contribution in [2.24, 2.45) is 0 Å². The Hall–Kier alpha value is -2.24. The molecule has 0 bridgehead atoms. The van der Waals surface area contributed by atoms with E-state index in [1.165, 1.54) is 4.90 Å². The number of carbonyl (C=O) groups excluding carboxylic acids is 2. The van der Waals surface area contributed by atoms with E-state index >= 15 is 0 Å². The number of halogens is 2. The molecule has 2 amide bonds. The molecule has 0 fully saturated rings. The molecule has 0 radical (unpaired) electrons. The Bertz CT molecular complexity index is 889. The number of nitrogens with one attached hydrogen (secondary N) is 1. The molecule has 30 heavy (non-hydrogen) atoms. The number of rotatable bonds is 9. The number of carbonyl (C=O) groups is 2. The van der Waals surface area contributed by atoms with Gasteiger partial charge in [-0.2, -0.15) is 0 Å². The third kappa shape index (κ3) is 6.64. The van der Waals surface area contributed by atoms with Crippen molar-refractivity contribution in [1.29, 1.82) is 0 Å². The summed E-state index contributed by atoms with van der Waals surface area (Å²) in [4.78, 5) is 27.3. The molecule has 0 aromatic heterocycles. The first-order chi connectivity index (χ1) is 14.2. The Morgan fingerprint density at radius 3 is 2.47 bits per heavy atom. The van der Waals surface area contributed by atoms with Gasteiger partial charge in [-0.05, 0) is 56.5 Å². The summed E-state index contributed by atoms with van der Waals surface area (Å²) in [6, 6.07) is 12.0. The van der Waals surface area contributed by atoms with Crippen LogP contribution in [0.2, 0.25) is 10.0 Å². The average molecular weight is 451 g/mol. The van der Waals surface area contributed by atoms with Crippen LogP contribution in [0.3, 0.4) is 0 Å². The maximum Gasteiger partial charge on any atom is 0.261 e. The van der Waals surface area contributed by atoms with E-state index in [2.05, 4.69) is 5.32 Å². The molecular formula is C23H28Cl2N2O3. The maximum absolute atomic E-state index is 13.1. The molecule has 0 aliphatic rings. The first kappa shape index (κ1) is 24.0. The molecule has 0 saturated heterocycles. The van der Waals surface area contributed by atoms with Crippen LogP contribution in [0.1, 0.15) is 38.3 Å². The molecule has 1 N–H and O–H groups in total. The molecule has 2 aromatic carbocycles. The van der Waals surface area contributed by atoms with Gasteiger partial charge in [-0.3, -0.25) is 9.59 Å². The summed E-state index contributed by atoms with van der Waals surface area (Å²) in [5, 5.41) is 3.75. The summed E-state index contributed by atoms with van der Waals surface area (Å²) in [5.41, 5.74) is 2.02. The zero-order chi connectivity index (χ0) is 22.3. The summed E-state index contributed by atoms with van der Waals surface area (Å²) in [7, 11) is 0. The first-order valence-electron chi connectivity index (χ1n) is 9.95. The predicted octanol–water partition coefficient (Wildman–Crippen LogP) is 5.01. The second-order valence-corrected chi connectivity index (χ2v) is 8.15. The van der Waals surface area contributed by atoms with Crippen LogP contribution in [0.15, 0.2) is 42.5 Å². The second kappa shape index (κ2) is 11.2. The van der Waals surface area contributed by atoms with E-state index in [0.717, 1.165) is 17.5 Å². The standard InChI is InChI=1S/C23H28Cl2N2O3/c1-5-16(3)26-23(29)17(4)27(13-18-9-7-6-8-15(18)2)22(28)14-30-21-11-10-19(24)12-20(21)25/h6-12,16-17H,5,13-14H2,1-4H3,(H,26,29). The second-order valence-electron chi connectivity index (χ2n) is 7.31. The molecule has 7 heteroatoms. The van der Waals surface area contributed by atoms with Gasteiger partial charge < -0.3 is 15.0 Å². The number of aryl methyl sites for hydroxylation is 1. The number of nitrogens with zero attached hydrogens (tertiary/aromatic N) is 1. The molecule has 0 aliphatic heterocycles. The Balaban J connectivity index is 2.19. The van der Waals surface area contributed by atoms with Gasteiger partial charge in [0.25, 0.3) is 5.91 Å². The van der Waals surface area contributed by atoms with E-state index in [9.17, 15) is 9.59 Å². The van der Waals surface area contributed by atoms with Gasteiger partial charge in [0.15, 0.2) is 6.61 Å². The highest BCUT2D eigenvalue weighted by atomic mass is 35.5. The summed E-state index contributed by atoms with van der Waals surface area (Å²) in [6.45, 7) is 7.70. The van der Waals surface area contributed by atoms with Crippen LogP contribution in [0.5, 0.6) is 5.75 Å². The van der Waals surface area contributed by atoms with E-state index in [1.807, 2.05) is 45.0 Å². The lowest BCUT2D eigenvalue weighted by Gasteiger charge is -2.30. The quantitative estimate of drug-likeness (QED) is 0.583. The van der Waals surface area contributed by atoms with Crippen molar-refractivity contribution >= 4 is 35.0 Å². The number of ether oxygens (including phenoxy) is 1. The van der Waals surface area contributed by atoms with Crippen LogP contribution < -0.4 is 10.1 Å². The van der Waals surface area contributed by atoms with Crippen LogP contribution in [0, 0.1) is 6.92 Å². The van der Waals surface area contributed by atoms with Gasteiger partial charge in [-0.1, -0.05) is 54.4 Å². The van der Waals surface area contributed by atoms with Crippen LogP contribution >= 0.6 is 23.2 Å². The van der Waals surface area contributed by atoms with Crippen molar-refractivity contribution in [3.63, 3.8) is 0 Å². The number of hydrogen-bond acceptors (Lipinski definition) is 3. The minimum Gasteiger partial charge on any atom is -0.482 e. The van der Waals surface area contributed by atoms with Gasteiger partial charge in [0.05, 0.1) is 5.02 Å². The topological polar surface area (TPSA) is 58.6 Å². The maximum atomic E-state index is 13.1. The van der Waals surface area contributed by atoms with Crippen molar-refractivity contribution < 1.29 is 14.3 Å². The summed E-state index contributed by atoms with van der Waals surface area (Å²) < 4.78 is 5.62. The average Bonchev–Trinajstić information content (AvgIpc) is 2.71. The van der Waals surface area contributed by atoms with Crippen molar-refractivity contribution in [2.75, 3.05) is 6.61 Å². The molecular weight excluding hydrogens is 423 g/mol. The third-order valence-corrected chi connectivity index (χ3v) is 5.55. The smallest absolute Gasteiger partial charge is 0.261 e. The van der Waals surface area contributed by atoms with Crippen molar-refractivity contribution in [3.8, 4) is 5.75 Å². The van der Waals surface area contributed by atoms with E-state index in [-0.39, 0.29) is 24.5 Å². The van der Waals surface area contributed by atoms with Gasteiger partial charge in [-0.15, -0.1) is 0 Å². The molecule has 2 atom stereocenters. The molecule has 2 aromatic rings. The number of benzene rings is 2. The van der Waals surface area contributed by atoms with Gasteiger partial charge in [0, 0.05) is 17.6 Å². The summed E-state index contributed by atoms with van der Waals surface area (Å²) >= 11 is 12.0. The highest BCUT2D eigenvalue weighted by Crippen LogP contribution is 2.27. The highest BCUT2D eigenvalue weighted by Gasteiger charge is 2.27. The van der Waals surface area contributed by atoms with Gasteiger partial charge in [0.1, 0.15) is 11.8 Å². The lowest BCUT2D eigenvalue weighted by atomic mass is 10.1. The van der Waals surface area contributed by atoms with Crippen molar-refractivity contribution in [1.82, 2.24) is 10.2 Å². The minimum atomic E-state index is -0.657. The fourth-order valence-electron chi connectivity index (χ4n) is 2.83. The van der Waals surface area contributed by atoms with Crippen LogP contribution in [-0.4, -0.2) is 35.4 Å². The third-order valence-electron chi connectivity index (χ3n) is 5.02. The molecule has 162 valence electrons. The van der Waals surface area contributed by atoms with Gasteiger partial charge >= 0.3 is 0 Å². The largest absolute Gasteiger partial charge is 0.482 e. The molecule has 2 unspecified atom stereocenters. The monoisotopic (exact) mass is 450 g/mol. The molecule has 0 spiro atoms. The molecule has 0 saturated carbocycles. The molecule has 0 aliphatic carbocycles. The van der Waals surface area contributed by atoms with Crippen LogP contribution in [0.25, 0.3) is 0 Å². The Labute approximate surface area is 188 Å². The van der Waals surface area contributed by atoms with Crippen LogP contribution in [0.4, 0.5) is 0 Å². The van der Waals surface area contributed by atoms with E-state index in [1.54, 1.807) is 25.1 Å². The summed E-state index contributed by atoms with van der Waals surface area (Å²) in [5.74, 6) is -0.145. The predicted molar refractivity (Wildman–Crippen MR) is 121 cm³/mol. The minimum absolute atomic E-state index is 0.0273. The normalized spacial score (nSPS) is 12.7. The fourth-order valence-corrected chi connectivity index (χ4v) is 3.30. The molecule has 0 heterocycles. The number of hydrogen-bond donors (Lipinski definition) is 1. The summed E-state index contributed by atoms with van der Waals surface area (Å²) in [6.07, 6.45) is 0.808. The van der Waals surface area contributed by atoms with Crippen molar-refractivity contribution in [2.45, 2.75) is 52.7 Å². The SMILES string of the molecule is CCC(C)NC(=O)C(C)N(Cc1ccccc1C)C(=O)COc1ccc(Cl)cc1Cl. The first-order valence-corrected chi connectivity index (χ1v) is 10.7. The lowest BCUT2D eigenvalue weighted by Crippen LogP contribution is -2.50. The molecule has 5 nitrogen and oxygen atoms in total. The highest BCUT2D eigenvalue weighted by molar-refractivity contribution is 6.35. The van der Waals surface area contributed by atoms with Gasteiger partial charge in [-0.25, -0.2) is 0 Å². The van der Waals surface area contributed by atoms with E-state index < -0.39 is 6.04 Å². The zero-order valence-corrected chi connectivity index (χ0v) is 19.3.